The van der Waals surface area contributed by atoms with Gasteiger partial charge in [0.1, 0.15) is 6.10 Å². The van der Waals surface area contributed by atoms with Crippen LogP contribution in [0.3, 0.4) is 0 Å². The van der Waals surface area contributed by atoms with E-state index in [1.165, 1.54) is 64.2 Å². The van der Waals surface area contributed by atoms with Crippen molar-refractivity contribution in [2.45, 2.75) is 129 Å². The van der Waals surface area contributed by atoms with Crippen molar-refractivity contribution in [2.75, 3.05) is 5.88 Å². The SMILES string of the molecule is CCCC1CCC(OC(=O)[C@]2(CCC)CC[C@H](CCCCCCCl)CC2)CC1. The van der Waals surface area contributed by atoms with E-state index in [0.29, 0.717) is 0 Å². The summed E-state index contributed by atoms with van der Waals surface area (Å²) in [6.45, 7) is 4.49. The average molecular weight is 413 g/mol. The predicted octanol–water partition coefficient (Wildman–Crippen LogP) is 8.05. The molecule has 3 heteroatoms. The van der Waals surface area contributed by atoms with Crippen molar-refractivity contribution in [2.24, 2.45) is 17.3 Å². The van der Waals surface area contributed by atoms with Crippen molar-refractivity contribution in [3.8, 4) is 0 Å². The second-order valence-corrected chi connectivity index (χ2v) is 10.1. The van der Waals surface area contributed by atoms with Gasteiger partial charge < -0.3 is 4.74 Å². The molecule has 2 aliphatic carbocycles. The lowest BCUT2D eigenvalue weighted by Gasteiger charge is -2.40. The molecule has 0 radical (unpaired) electrons. The molecule has 0 aromatic carbocycles. The van der Waals surface area contributed by atoms with Crippen molar-refractivity contribution in [3.05, 3.63) is 0 Å². The van der Waals surface area contributed by atoms with Crippen molar-refractivity contribution in [3.63, 3.8) is 0 Å². The molecule has 0 heterocycles. The highest BCUT2D eigenvalue weighted by Gasteiger charge is 2.43. The minimum absolute atomic E-state index is 0.147. The summed E-state index contributed by atoms with van der Waals surface area (Å²) < 4.78 is 6.12. The highest BCUT2D eigenvalue weighted by atomic mass is 35.5. The number of hydrogen-bond acceptors (Lipinski definition) is 2. The molecule has 2 aliphatic rings. The molecule has 2 rings (SSSR count). The molecule has 0 unspecified atom stereocenters. The van der Waals surface area contributed by atoms with E-state index >= 15 is 0 Å². The standard InChI is InChI=1S/C25H45ClO2/c1-3-9-21-11-13-23(14-12-21)28-24(27)25(17-4-2)18-15-22(16-19-25)10-7-5-6-8-20-26/h21-23H,3-20H2,1-2H3/t21?,22-,23?,25+. The number of hydrogen-bond donors (Lipinski definition) is 0. The first-order valence-corrected chi connectivity index (χ1v) is 12.9. The molecular formula is C25H45ClO2. The number of halogens is 1. The Labute approximate surface area is 179 Å². The Bertz CT molecular complexity index is 420. The number of carbonyl (C=O) groups excluding carboxylic acids is 1. The van der Waals surface area contributed by atoms with Gasteiger partial charge in [-0.1, -0.05) is 58.8 Å². The fraction of sp³-hybridized carbons (Fsp3) is 0.960. The zero-order chi connectivity index (χ0) is 20.2. The monoisotopic (exact) mass is 412 g/mol. The predicted molar refractivity (Wildman–Crippen MR) is 120 cm³/mol. The topological polar surface area (TPSA) is 26.3 Å². The van der Waals surface area contributed by atoms with E-state index in [1.807, 2.05) is 0 Å². The fourth-order valence-corrected chi connectivity index (χ4v) is 5.85. The van der Waals surface area contributed by atoms with E-state index in [4.69, 9.17) is 16.3 Å². The molecule has 0 spiro atoms. The Kier molecular flexibility index (Phi) is 11.3. The van der Waals surface area contributed by atoms with Crippen LogP contribution in [-0.4, -0.2) is 18.0 Å². The third-order valence-electron chi connectivity index (χ3n) is 7.48. The normalized spacial score (nSPS) is 30.9. The third kappa shape index (κ3) is 7.54. The van der Waals surface area contributed by atoms with E-state index in [1.54, 1.807) is 0 Å². The van der Waals surface area contributed by atoms with Crippen LogP contribution in [0.1, 0.15) is 123 Å². The molecule has 0 saturated heterocycles. The summed E-state index contributed by atoms with van der Waals surface area (Å²) in [6, 6.07) is 0. The molecule has 28 heavy (non-hydrogen) atoms. The van der Waals surface area contributed by atoms with Crippen LogP contribution in [0.25, 0.3) is 0 Å². The lowest BCUT2D eigenvalue weighted by Crippen LogP contribution is -2.39. The summed E-state index contributed by atoms with van der Waals surface area (Å²) in [5.41, 5.74) is -0.176. The minimum atomic E-state index is -0.176. The van der Waals surface area contributed by atoms with Gasteiger partial charge in [-0.2, -0.15) is 0 Å². The Balaban J connectivity index is 1.76. The van der Waals surface area contributed by atoms with Gasteiger partial charge in [-0.05, 0) is 76.0 Å². The smallest absolute Gasteiger partial charge is 0.312 e. The summed E-state index contributed by atoms with van der Waals surface area (Å²) in [4.78, 5) is 13.2. The molecule has 0 amide bonds. The number of ether oxygens (including phenoxy) is 1. The maximum atomic E-state index is 13.2. The summed E-state index contributed by atoms with van der Waals surface area (Å²) >= 11 is 5.77. The van der Waals surface area contributed by atoms with Crippen molar-refractivity contribution in [1.82, 2.24) is 0 Å². The zero-order valence-electron chi connectivity index (χ0n) is 18.7. The molecule has 2 fully saturated rings. The van der Waals surface area contributed by atoms with Crippen molar-refractivity contribution in [1.29, 1.82) is 0 Å². The van der Waals surface area contributed by atoms with E-state index in [2.05, 4.69) is 13.8 Å². The Hall–Kier alpha value is -0.240. The maximum Gasteiger partial charge on any atom is 0.312 e. The third-order valence-corrected chi connectivity index (χ3v) is 7.75. The zero-order valence-corrected chi connectivity index (χ0v) is 19.4. The summed E-state index contributed by atoms with van der Waals surface area (Å²) in [6.07, 6.45) is 20.5. The largest absolute Gasteiger partial charge is 0.462 e. The van der Waals surface area contributed by atoms with Gasteiger partial charge in [-0.15, -0.1) is 11.6 Å². The molecule has 0 aliphatic heterocycles. The summed E-state index contributed by atoms with van der Waals surface area (Å²) in [7, 11) is 0. The Morgan fingerprint density at radius 3 is 2.11 bits per heavy atom. The average Bonchev–Trinajstić information content (AvgIpc) is 2.71. The highest BCUT2D eigenvalue weighted by Crippen LogP contribution is 2.45. The Morgan fingerprint density at radius 2 is 1.50 bits per heavy atom. The molecule has 2 saturated carbocycles. The quantitative estimate of drug-likeness (QED) is 0.184. The van der Waals surface area contributed by atoms with E-state index in [-0.39, 0.29) is 17.5 Å². The molecule has 164 valence electrons. The lowest BCUT2D eigenvalue weighted by atomic mass is 9.67. The first kappa shape index (κ1) is 24.0. The van der Waals surface area contributed by atoms with Crippen LogP contribution in [0, 0.1) is 17.3 Å². The minimum Gasteiger partial charge on any atom is -0.462 e. The molecule has 2 nitrogen and oxygen atoms in total. The number of rotatable bonds is 12. The number of carbonyl (C=O) groups is 1. The molecule has 0 atom stereocenters. The van der Waals surface area contributed by atoms with E-state index in [0.717, 1.165) is 62.7 Å². The van der Waals surface area contributed by atoms with Crippen LogP contribution in [0.15, 0.2) is 0 Å². The molecule has 0 aromatic heterocycles. The van der Waals surface area contributed by atoms with Crippen LogP contribution in [0.5, 0.6) is 0 Å². The second-order valence-electron chi connectivity index (χ2n) is 9.70. The summed E-state index contributed by atoms with van der Waals surface area (Å²) in [5, 5.41) is 0. The van der Waals surface area contributed by atoms with Gasteiger partial charge in [0.25, 0.3) is 0 Å². The van der Waals surface area contributed by atoms with Crippen molar-refractivity contribution >= 4 is 17.6 Å². The molecular weight excluding hydrogens is 368 g/mol. The molecule has 0 bridgehead atoms. The van der Waals surface area contributed by atoms with Gasteiger partial charge in [-0.25, -0.2) is 0 Å². The van der Waals surface area contributed by atoms with Crippen LogP contribution >= 0.6 is 11.6 Å². The van der Waals surface area contributed by atoms with Gasteiger partial charge in [0, 0.05) is 5.88 Å². The summed E-state index contributed by atoms with van der Waals surface area (Å²) in [5.74, 6) is 2.63. The molecule has 0 N–H and O–H groups in total. The fourth-order valence-electron chi connectivity index (χ4n) is 5.66. The number of unbranched alkanes of at least 4 members (excludes halogenated alkanes) is 3. The van der Waals surface area contributed by atoms with Gasteiger partial charge in [-0.3, -0.25) is 4.79 Å². The second kappa shape index (κ2) is 13.1. The highest BCUT2D eigenvalue weighted by molar-refractivity contribution is 6.17. The van der Waals surface area contributed by atoms with Crippen molar-refractivity contribution < 1.29 is 9.53 Å². The maximum absolute atomic E-state index is 13.2. The van der Waals surface area contributed by atoms with Crippen LogP contribution in [0.2, 0.25) is 0 Å². The van der Waals surface area contributed by atoms with Gasteiger partial charge in [0.15, 0.2) is 0 Å². The number of alkyl halides is 1. The van der Waals surface area contributed by atoms with E-state index in [9.17, 15) is 4.79 Å². The van der Waals surface area contributed by atoms with Gasteiger partial charge in [0.05, 0.1) is 5.41 Å². The van der Waals surface area contributed by atoms with Gasteiger partial charge >= 0.3 is 5.97 Å². The van der Waals surface area contributed by atoms with Crippen LogP contribution in [-0.2, 0) is 9.53 Å². The van der Waals surface area contributed by atoms with Crippen LogP contribution in [0.4, 0.5) is 0 Å². The Morgan fingerprint density at radius 1 is 0.857 bits per heavy atom. The number of esters is 1. The van der Waals surface area contributed by atoms with Crippen LogP contribution < -0.4 is 0 Å². The first-order valence-electron chi connectivity index (χ1n) is 12.4. The lowest BCUT2D eigenvalue weighted by molar-refractivity contribution is -0.167. The first-order chi connectivity index (χ1) is 13.6. The van der Waals surface area contributed by atoms with Gasteiger partial charge in [0.2, 0.25) is 0 Å². The van der Waals surface area contributed by atoms with E-state index < -0.39 is 0 Å². The molecule has 0 aromatic rings.